The van der Waals surface area contributed by atoms with Gasteiger partial charge in [-0.15, -0.1) is 0 Å². The number of nitrogens with zero attached hydrogens (tertiary/aromatic N) is 2. The molecule has 72 valence electrons. The lowest BCUT2D eigenvalue weighted by atomic mass is 10.4. The van der Waals surface area contributed by atoms with Crippen molar-refractivity contribution in [3.05, 3.63) is 35.5 Å². The van der Waals surface area contributed by atoms with Crippen LogP contribution < -0.4 is 0 Å². The van der Waals surface area contributed by atoms with E-state index in [1.54, 1.807) is 13.4 Å². The molecule has 0 radical (unpaired) electrons. The largest absolute Gasteiger partial charge is 0.342 e. The number of aliphatic imine (C=N–C) groups is 1. The van der Waals surface area contributed by atoms with E-state index < -0.39 is 0 Å². The van der Waals surface area contributed by atoms with Crippen molar-refractivity contribution in [1.29, 1.82) is 0 Å². The average molecular weight is 199 g/mol. The zero-order chi connectivity index (χ0) is 10.1. The van der Waals surface area contributed by atoms with E-state index in [4.69, 9.17) is 11.6 Å². The molecule has 0 unspecified atom stereocenters. The van der Waals surface area contributed by atoms with Gasteiger partial charge in [-0.3, -0.25) is 4.99 Å². The van der Waals surface area contributed by atoms with Crippen molar-refractivity contribution in [2.45, 2.75) is 6.92 Å². The first-order valence-corrected chi connectivity index (χ1v) is 4.36. The minimum atomic E-state index is 0.771. The molecule has 0 aliphatic rings. The fourth-order valence-corrected chi connectivity index (χ4v) is 0.731. The lowest BCUT2D eigenvalue weighted by Crippen LogP contribution is -2.05. The maximum atomic E-state index is 5.62. The van der Waals surface area contributed by atoms with E-state index in [1.807, 2.05) is 49.4 Å². The Morgan fingerprint density at radius 3 is 2.54 bits per heavy atom. The van der Waals surface area contributed by atoms with Gasteiger partial charge in [0.2, 0.25) is 0 Å². The summed E-state index contributed by atoms with van der Waals surface area (Å²) in [5.74, 6) is 0. The summed E-state index contributed by atoms with van der Waals surface area (Å²) in [4.78, 5) is 5.72. The number of allylic oxidation sites excluding steroid dienone is 5. The zero-order valence-electron chi connectivity index (χ0n) is 8.24. The Bertz CT molecular complexity index is 235. The standard InChI is InChI=1S/C10H15ClN2/c1-10(11)7-5-4-6-8-13(3)9-12-2/h4-9H,1-3H3/b5-4-,8-6+,10-7+,12-9?. The van der Waals surface area contributed by atoms with Crippen LogP contribution in [0.3, 0.4) is 0 Å². The van der Waals surface area contributed by atoms with Gasteiger partial charge in [-0.2, -0.15) is 0 Å². The quantitative estimate of drug-likeness (QED) is 0.385. The molecule has 0 rings (SSSR count). The maximum absolute atomic E-state index is 5.62. The number of hydrogen-bond acceptors (Lipinski definition) is 1. The predicted octanol–water partition coefficient (Wildman–Crippen LogP) is 2.79. The number of hydrogen-bond donors (Lipinski definition) is 0. The second-order valence-corrected chi connectivity index (χ2v) is 3.12. The summed E-state index contributed by atoms with van der Waals surface area (Å²) in [5.41, 5.74) is 0. The van der Waals surface area contributed by atoms with Crippen molar-refractivity contribution >= 4 is 17.9 Å². The summed E-state index contributed by atoms with van der Waals surface area (Å²) in [6.07, 6.45) is 11.2. The Balaban J connectivity index is 3.87. The summed E-state index contributed by atoms with van der Waals surface area (Å²) in [6, 6.07) is 0. The van der Waals surface area contributed by atoms with Gasteiger partial charge in [0.1, 0.15) is 0 Å². The van der Waals surface area contributed by atoms with Crippen LogP contribution in [0.25, 0.3) is 0 Å². The second kappa shape index (κ2) is 7.62. The summed E-state index contributed by atoms with van der Waals surface area (Å²) >= 11 is 5.62. The topological polar surface area (TPSA) is 15.6 Å². The Kier molecular flexibility index (Phi) is 7.02. The van der Waals surface area contributed by atoms with E-state index in [0.717, 1.165) is 5.03 Å². The molecule has 0 spiro atoms. The van der Waals surface area contributed by atoms with E-state index in [1.165, 1.54) is 0 Å². The van der Waals surface area contributed by atoms with Crippen molar-refractivity contribution in [3.8, 4) is 0 Å². The third kappa shape index (κ3) is 8.89. The molecule has 0 saturated heterocycles. The minimum absolute atomic E-state index is 0.771. The number of halogens is 1. The lowest BCUT2D eigenvalue weighted by molar-refractivity contribution is 0.709. The lowest BCUT2D eigenvalue weighted by Gasteiger charge is -2.02. The van der Waals surface area contributed by atoms with Gasteiger partial charge in [0.15, 0.2) is 0 Å². The minimum Gasteiger partial charge on any atom is -0.342 e. The van der Waals surface area contributed by atoms with Crippen molar-refractivity contribution in [2.24, 2.45) is 4.99 Å². The van der Waals surface area contributed by atoms with Gasteiger partial charge in [-0.05, 0) is 19.1 Å². The highest BCUT2D eigenvalue weighted by atomic mass is 35.5. The highest BCUT2D eigenvalue weighted by molar-refractivity contribution is 6.29. The molecule has 0 aliphatic heterocycles. The summed E-state index contributed by atoms with van der Waals surface area (Å²) in [6.45, 7) is 1.84. The fourth-order valence-electron chi connectivity index (χ4n) is 0.658. The molecule has 0 aromatic carbocycles. The monoisotopic (exact) mass is 198 g/mol. The van der Waals surface area contributed by atoms with Crippen LogP contribution in [0.5, 0.6) is 0 Å². The van der Waals surface area contributed by atoms with Gasteiger partial charge >= 0.3 is 0 Å². The second-order valence-electron chi connectivity index (χ2n) is 2.52. The molecule has 0 heterocycles. The van der Waals surface area contributed by atoms with Gasteiger partial charge < -0.3 is 4.90 Å². The third-order valence-electron chi connectivity index (χ3n) is 1.17. The summed E-state index contributed by atoms with van der Waals surface area (Å²) < 4.78 is 0. The van der Waals surface area contributed by atoms with Crippen LogP contribution in [0.15, 0.2) is 40.5 Å². The smallest absolute Gasteiger partial charge is 0.0883 e. The van der Waals surface area contributed by atoms with Crippen LogP contribution in [0.1, 0.15) is 6.92 Å². The van der Waals surface area contributed by atoms with Gasteiger partial charge in [-0.1, -0.05) is 23.8 Å². The molecule has 0 saturated carbocycles. The summed E-state index contributed by atoms with van der Waals surface area (Å²) in [7, 11) is 3.65. The fraction of sp³-hybridized carbons (Fsp3) is 0.300. The maximum Gasteiger partial charge on any atom is 0.0883 e. The van der Waals surface area contributed by atoms with Crippen LogP contribution >= 0.6 is 11.6 Å². The SMILES string of the molecule is CN=CN(C)/C=C/C=C\C=C(/C)Cl. The third-order valence-corrected chi connectivity index (χ3v) is 1.29. The first-order chi connectivity index (χ1) is 6.16. The van der Waals surface area contributed by atoms with Crippen molar-refractivity contribution in [1.82, 2.24) is 4.90 Å². The van der Waals surface area contributed by atoms with E-state index in [-0.39, 0.29) is 0 Å². The molecule has 0 N–H and O–H groups in total. The molecule has 3 heteroatoms. The molecule has 0 bridgehead atoms. The predicted molar refractivity (Wildman–Crippen MR) is 60.1 cm³/mol. The van der Waals surface area contributed by atoms with Crippen LogP contribution in [0, 0.1) is 0 Å². The highest BCUT2D eigenvalue weighted by Crippen LogP contribution is 1.97. The van der Waals surface area contributed by atoms with Crippen LogP contribution in [0.4, 0.5) is 0 Å². The summed E-state index contributed by atoms with van der Waals surface area (Å²) in [5, 5.41) is 0.771. The molecular formula is C10H15ClN2. The molecule has 13 heavy (non-hydrogen) atoms. The first kappa shape index (κ1) is 12.0. The molecular weight excluding hydrogens is 184 g/mol. The van der Waals surface area contributed by atoms with E-state index >= 15 is 0 Å². The van der Waals surface area contributed by atoms with Crippen LogP contribution in [-0.4, -0.2) is 25.3 Å². The Morgan fingerprint density at radius 2 is 2.00 bits per heavy atom. The molecule has 0 aliphatic carbocycles. The Hall–Kier alpha value is -1.02. The molecule has 2 nitrogen and oxygen atoms in total. The van der Waals surface area contributed by atoms with E-state index in [2.05, 4.69) is 4.99 Å². The van der Waals surface area contributed by atoms with Gasteiger partial charge in [-0.25, -0.2) is 0 Å². The van der Waals surface area contributed by atoms with Crippen molar-refractivity contribution in [2.75, 3.05) is 14.1 Å². The van der Waals surface area contributed by atoms with E-state index in [9.17, 15) is 0 Å². The average Bonchev–Trinajstić information content (AvgIpc) is 2.03. The zero-order valence-corrected chi connectivity index (χ0v) is 8.99. The molecule has 0 aromatic heterocycles. The molecule has 0 atom stereocenters. The van der Waals surface area contributed by atoms with Crippen molar-refractivity contribution < 1.29 is 0 Å². The van der Waals surface area contributed by atoms with E-state index in [0.29, 0.717) is 0 Å². The first-order valence-electron chi connectivity index (χ1n) is 3.98. The highest BCUT2D eigenvalue weighted by Gasteiger charge is 1.77. The normalized spacial score (nSPS) is 13.7. The van der Waals surface area contributed by atoms with Gasteiger partial charge in [0, 0.05) is 25.3 Å². The molecule has 0 aromatic rings. The Morgan fingerprint density at radius 1 is 1.31 bits per heavy atom. The van der Waals surface area contributed by atoms with Crippen molar-refractivity contribution in [3.63, 3.8) is 0 Å². The van der Waals surface area contributed by atoms with Crippen LogP contribution in [0.2, 0.25) is 0 Å². The van der Waals surface area contributed by atoms with Crippen LogP contribution in [-0.2, 0) is 0 Å². The Labute approximate surface area is 84.9 Å². The molecule has 0 fully saturated rings. The van der Waals surface area contributed by atoms with Gasteiger partial charge in [0.25, 0.3) is 0 Å². The number of rotatable bonds is 4. The molecule has 0 amide bonds. The van der Waals surface area contributed by atoms with Gasteiger partial charge in [0.05, 0.1) is 6.34 Å².